The number of rotatable bonds is 6. The predicted octanol–water partition coefficient (Wildman–Crippen LogP) is 3.43. The smallest absolute Gasteiger partial charge is 0.307 e. The second-order valence-electron chi connectivity index (χ2n) is 4.98. The number of hydrogen-bond donors (Lipinski definition) is 1. The second kappa shape index (κ2) is 8.28. The van der Waals surface area contributed by atoms with Crippen molar-refractivity contribution in [3.63, 3.8) is 0 Å². The van der Waals surface area contributed by atoms with Crippen LogP contribution >= 0.6 is 11.6 Å². The quantitative estimate of drug-likeness (QED) is 0.393. The van der Waals surface area contributed by atoms with Crippen molar-refractivity contribution in [3.8, 4) is 17.4 Å². The molecule has 1 aromatic carbocycles. The van der Waals surface area contributed by atoms with E-state index in [1.54, 1.807) is 18.2 Å². The van der Waals surface area contributed by atoms with E-state index in [-0.39, 0.29) is 22.7 Å². The fourth-order valence-corrected chi connectivity index (χ4v) is 2.11. The van der Waals surface area contributed by atoms with Crippen LogP contribution in [-0.4, -0.2) is 29.2 Å². The molecule has 27 heavy (non-hydrogen) atoms. The number of ether oxygens (including phenoxy) is 2. The van der Waals surface area contributed by atoms with Crippen molar-refractivity contribution in [1.29, 1.82) is 0 Å². The van der Waals surface area contributed by atoms with Crippen molar-refractivity contribution in [2.45, 2.75) is 0 Å². The lowest BCUT2D eigenvalue weighted by molar-refractivity contribution is 0.0927. The van der Waals surface area contributed by atoms with Gasteiger partial charge in [-0.05, 0) is 47.5 Å². The molecule has 0 aliphatic rings. The third-order valence-electron chi connectivity index (χ3n) is 3.20. The molecule has 8 nitrogen and oxygen atoms in total. The molecule has 0 aliphatic heterocycles. The van der Waals surface area contributed by atoms with Crippen LogP contribution in [-0.2, 0) is 0 Å². The van der Waals surface area contributed by atoms with Crippen LogP contribution in [0.25, 0.3) is 0 Å². The molecule has 0 bridgehead atoms. The van der Waals surface area contributed by atoms with Gasteiger partial charge in [0.1, 0.15) is 0 Å². The Bertz CT molecular complexity index is 979. The summed E-state index contributed by atoms with van der Waals surface area (Å²) in [6, 6.07) is 7.85. The fourth-order valence-electron chi connectivity index (χ4n) is 1.98. The largest absolute Gasteiger partial charge is 0.493 e. The zero-order chi connectivity index (χ0) is 19.2. The molecule has 0 unspecified atom stereocenters. The summed E-state index contributed by atoms with van der Waals surface area (Å²) in [5.41, 5.74) is 2.92. The molecule has 2 aromatic heterocycles. The Morgan fingerprint density at radius 3 is 2.96 bits per heavy atom. The molecular weight excluding hydrogens is 379 g/mol. The summed E-state index contributed by atoms with van der Waals surface area (Å²) in [6.07, 6.45) is 3.69. The number of amides is 1. The summed E-state index contributed by atoms with van der Waals surface area (Å²) in [6.45, 7) is 0. The topological polar surface area (TPSA) is 98.8 Å². The highest BCUT2D eigenvalue weighted by atomic mass is 35.5. The van der Waals surface area contributed by atoms with Crippen LogP contribution in [0.2, 0.25) is 5.28 Å². The summed E-state index contributed by atoms with van der Waals surface area (Å²) < 4.78 is 29.3. The van der Waals surface area contributed by atoms with Gasteiger partial charge in [-0.2, -0.15) is 14.5 Å². The maximum Gasteiger partial charge on any atom is 0.307 e. The SMILES string of the molecule is COc1cc(/C=N/NC(=O)c2ccco2)ccc1Oc1nc(Cl)ncc1F. The van der Waals surface area contributed by atoms with E-state index in [4.69, 9.17) is 25.5 Å². The van der Waals surface area contributed by atoms with Crippen molar-refractivity contribution < 1.29 is 23.1 Å². The van der Waals surface area contributed by atoms with Crippen LogP contribution in [0.3, 0.4) is 0 Å². The molecule has 0 fully saturated rings. The van der Waals surface area contributed by atoms with Gasteiger partial charge in [0.25, 0.3) is 5.88 Å². The Labute approximate surface area is 157 Å². The van der Waals surface area contributed by atoms with E-state index in [9.17, 15) is 9.18 Å². The van der Waals surface area contributed by atoms with Gasteiger partial charge in [0.2, 0.25) is 11.1 Å². The van der Waals surface area contributed by atoms with E-state index in [0.29, 0.717) is 11.3 Å². The van der Waals surface area contributed by atoms with Crippen molar-refractivity contribution in [2.75, 3.05) is 7.11 Å². The normalized spacial score (nSPS) is 10.8. The van der Waals surface area contributed by atoms with E-state index < -0.39 is 11.7 Å². The second-order valence-corrected chi connectivity index (χ2v) is 5.32. The number of carbonyl (C=O) groups is 1. The first-order valence-electron chi connectivity index (χ1n) is 7.47. The van der Waals surface area contributed by atoms with Gasteiger partial charge < -0.3 is 13.9 Å². The zero-order valence-corrected chi connectivity index (χ0v) is 14.6. The van der Waals surface area contributed by atoms with Crippen LogP contribution in [0.4, 0.5) is 4.39 Å². The number of hydrazone groups is 1. The molecule has 1 N–H and O–H groups in total. The Hall–Kier alpha value is -3.46. The average molecular weight is 391 g/mol. The summed E-state index contributed by atoms with van der Waals surface area (Å²) in [7, 11) is 1.42. The van der Waals surface area contributed by atoms with Crippen molar-refractivity contribution in [1.82, 2.24) is 15.4 Å². The summed E-state index contributed by atoms with van der Waals surface area (Å²) in [4.78, 5) is 18.9. The highest BCUT2D eigenvalue weighted by molar-refractivity contribution is 6.28. The number of carbonyl (C=O) groups excluding carboxylic acids is 1. The molecule has 138 valence electrons. The molecule has 0 aliphatic carbocycles. The Kier molecular flexibility index (Phi) is 5.62. The minimum Gasteiger partial charge on any atom is -0.493 e. The van der Waals surface area contributed by atoms with E-state index in [1.807, 2.05) is 0 Å². The van der Waals surface area contributed by atoms with Gasteiger partial charge in [-0.3, -0.25) is 4.79 Å². The minimum absolute atomic E-state index is 0.138. The van der Waals surface area contributed by atoms with E-state index in [1.165, 1.54) is 31.7 Å². The van der Waals surface area contributed by atoms with Gasteiger partial charge in [0, 0.05) is 0 Å². The van der Waals surface area contributed by atoms with Crippen molar-refractivity contribution >= 4 is 23.7 Å². The first-order chi connectivity index (χ1) is 13.1. The Morgan fingerprint density at radius 2 is 2.22 bits per heavy atom. The third-order valence-corrected chi connectivity index (χ3v) is 3.38. The van der Waals surface area contributed by atoms with Crippen molar-refractivity contribution in [2.24, 2.45) is 5.10 Å². The van der Waals surface area contributed by atoms with Gasteiger partial charge >= 0.3 is 5.91 Å². The maximum absolute atomic E-state index is 13.7. The summed E-state index contributed by atoms with van der Waals surface area (Å²) in [5.74, 6) is -0.945. The van der Waals surface area contributed by atoms with Gasteiger partial charge in [-0.15, -0.1) is 0 Å². The number of nitrogens with zero attached hydrogens (tertiary/aromatic N) is 3. The Morgan fingerprint density at radius 1 is 1.37 bits per heavy atom. The lowest BCUT2D eigenvalue weighted by Crippen LogP contribution is -2.16. The fraction of sp³-hybridized carbons (Fsp3) is 0.0588. The van der Waals surface area contributed by atoms with Gasteiger partial charge in [-0.25, -0.2) is 10.4 Å². The summed E-state index contributed by atoms with van der Waals surface area (Å²) >= 11 is 5.64. The number of nitrogens with one attached hydrogen (secondary N) is 1. The molecule has 2 heterocycles. The maximum atomic E-state index is 13.7. The predicted molar refractivity (Wildman–Crippen MR) is 93.8 cm³/mol. The van der Waals surface area contributed by atoms with Gasteiger partial charge in [0.05, 0.1) is 25.8 Å². The first-order valence-corrected chi connectivity index (χ1v) is 7.85. The van der Waals surface area contributed by atoms with Crippen molar-refractivity contribution in [3.05, 3.63) is 65.2 Å². The molecule has 0 spiro atoms. The standard InChI is InChI=1S/C17H12ClFN4O4/c1-25-14-7-10(8-21-23-15(24)13-3-2-6-26-13)4-5-12(14)27-16-11(19)9-20-17(18)22-16/h2-9H,1H3,(H,23,24)/b21-8+. The monoisotopic (exact) mass is 390 g/mol. The van der Waals surface area contributed by atoms with Crippen LogP contribution in [0, 0.1) is 5.82 Å². The van der Waals surface area contributed by atoms with Crippen LogP contribution in [0.15, 0.2) is 52.3 Å². The average Bonchev–Trinajstić information content (AvgIpc) is 3.20. The van der Waals surface area contributed by atoms with E-state index in [2.05, 4.69) is 20.5 Å². The number of aromatic nitrogens is 2. The number of halogens is 2. The highest BCUT2D eigenvalue weighted by Gasteiger charge is 2.13. The molecule has 0 saturated carbocycles. The lowest BCUT2D eigenvalue weighted by atomic mass is 10.2. The number of benzene rings is 1. The van der Waals surface area contributed by atoms with Crippen LogP contribution < -0.4 is 14.9 Å². The molecule has 0 atom stereocenters. The molecule has 3 aromatic rings. The lowest BCUT2D eigenvalue weighted by Gasteiger charge is -2.10. The van der Waals surface area contributed by atoms with E-state index >= 15 is 0 Å². The van der Waals surface area contributed by atoms with Crippen LogP contribution in [0.5, 0.6) is 17.4 Å². The number of furan rings is 1. The summed E-state index contributed by atoms with van der Waals surface area (Å²) in [5, 5.41) is 3.68. The number of hydrogen-bond acceptors (Lipinski definition) is 7. The minimum atomic E-state index is -0.771. The molecule has 3 rings (SSSR count). The third kappa shape index (κ3) is 4.59. The molecule has 1 amide bonds. The van der Waals surface area contributed by atoms with Gasteiger partial charge in [0.15, 0.2) is 17.3 Å². The number of methoxy groups -OCH3 is 1. The molecule has 10 heteroatoms. The zero-order valence-electron chi connectivity index (χ0n) is 13.8. The molecular formula is C17H12ClFN4O4. The highest BCUT2D eigenvalue weighted by Crippen LogP contribution is 2.32. The van der Waals surface area contributed by atoms with Gasteiger partial charge in [-0.1, -0.05) is 0 Å². The van der Waals surface area contributed by atoms with E-state index in [0.717, 1.165) is 6.20 Å². The Balaban J connectivity index is 1.73. The molecule has 0 radical (unpaired) electrons. The van der Waals surface area contributed by atoms with Crippen LogP contribution in [0.1, 0.15) is 16.1 Å². The first kappa shape index (κ1) is 18.3. The molecule has 0 saturated heterocycles.